The number of hydrogen-bond donors (Lipinski definition) is 1. The molecule has 0 radical (unpaired) electrons. The molecular weight excluding hydrogens is 420 g/mol. The molecule has 1 heterocycles. The standard InChI is InChI=1S/C21H40N2O7Si/c1-8-9-14-28-20(26)23-12-10-16(11-13-23)30-19(25)22-17(18(24)27-5)15-29-31(6,7)21(2,3)4/h16-17H,8-15H2,1-7H3,(H,22,25)/t17-/m0/s1. The average Bonchev–Trinajstić information content (AvgIpc) is 2.70. The van der Waals surface area contributed by atoms with Crippen molar-refractivity contribution in [2.45, 2.75) is 83.7 Å². The molecule has 1 aliphatic rings. The van der Waals surface area contributed by atoms with E-state index in [0.29, 0.717) is 32.5 Å². The molecule has 0 aliphatic carbocycles. The van der Waals surface area contributed by atoms with Gasteiger partial charge in [-0.2, -0.15) is 0 Å². The molecule has 0 unspecified atom stereocenters. The van der Waals surface area contributed by atoms with Gasteiger partial charge in [-0.1, -0.05) is 34.1 Å². The number of esters is 1. The van der Waals surface area contributed by atoms with E-state index in [4.69, 9.17) is 18.6 Å². The quantitative estimate of drug-likeness (QED) is 0.242. The zero-order valence-corrected chi connectivity index (χ0v) is 21.1. The maximum absolute atomic E-state index is 12.4. The number of ether oxygens (including phenoxy) is 3. The second kappa shape index (κ2) is 12.3. The molecule has 10 heteroatoms. The first-order chi connectivity index (χ1) is 14.4. The van der Waals surface area contributed by atoms with Crippen molar-refractivity contribution in [1.29, 1.82) is 0 Å². The molecule has 1 N–H and O–H groups in total. The number of carbonyl (C=O) groups excluding carboxylic acids is 3. The molecule has 1 rings (SSSR count). The van der Waals surface area contributed by atoms with Crippen molar-refractivity contribution in [3.63, 3.8) is 0 Å². The number of piperidine rings is 1. The molecular formula is C21H40N2O7Si. The minimum absolute atomic E-state index is 0.0279. The summed E-state index contributed by atoms with van der Waals surface area (Å²) in [5.74, 6) is -0.583. The van der Waals surface area contributed by atoms with Crippen LogP contribution >= 0.6 is 0 Å². The average molecular weight is 461 g/mol. The van der Waals surface area contributed by atoms with Gasteiger partial charge in [0.15, 0.2) is 14.4 Å². The number of alkyl carbamates (subject to hydrolysis) is 1. The zero-order chi connectivity index (χ0) is 23.7. The minimum Gasteiger partial charge on any atom is -0.467 e. The topological polar surface area (TPSA) is 103 Å². The van der Waals surface area contributed by atoms with Gasteiger partial charge in [-0.3, -0.25) is 0 Å². The number of nitrogens with one attached hydrogen (secondary N) is 1. The highest BCUT2D eigenvalue weighted by Crippen LogP contribution is 2.36. The monoisotopic (exact) mass is 460 g/mol. The lowest BCUT2D eigenvalue weighted by Gasteiger charge is -2.37. The van der Waals surface area contributed by atoms with Crippen LogP contribution < -0.4 is 5.32 Å². The van der Waals surface area contributed by atoms with E-state index in [1.54, 1.807) is 4.90 Å². The Balaban J connectivity index is 2.51. The van der Waals surface area contributed by atoms with Gasteiger partial charge in [-0.15, -0.1) is 0 Å². The third-order valence-corrected chi connectivity index (χ3v) is 10.4. The van der Waals surface area contributed by atoms with E-state index < -0.39 is 26.4 Å². The number of carbonyl (C=O) groups is 3. The maximum Gasteiger partial charge on any atom is 0.409 e. The van der Waals surface area contributed by atoms with Crippen LogP contribution in [0.2, 0.25) is 18.1 Å². The predicted octanol–water partition coefficient (Wildman–Crippen LogP) is 3.68. The number of rotatable bonds is 9. The van der Waals surface area contributed by atoms with Crippen LogP contribution in [-0.4, -0.2) is 76.9 Å². The van der Waals surface area contributed by atoms with E-state index in [1.165, 1.54) is 7.11 Å². The van der Waals surface area contributed by atoms with Crippen molar-refractivity contribution in [3.05, 3.63) is 0 Å². The molecule has 1 aliphatic heterocycles. The lowest BCUT2D eigenvalue weighted by molar-refractivity contribution is -0.143. The van der Waals surface area contributed by atoms with Gasteiger partial charge in [-0.25, -0.2) is 14.4 Å². The van der Waals surface area contributed by atoms with Gasteiger partial charge in [0.2, 0.25) is 0 Å². The highest BCUT2D eigenvalue weighted by molar-refractivity contribution is 6.74. The number of likely N-dealkylation sites (tertiary alicyclic amines) is 1. The molecule has 0 aromatic rings. The summed E-state index contributed by atoms with van der Waals surface area (Å²) >= 11 is 0. The van der Waals surface area contributed by atoms with Crippen LogP contribution in [0.5, 0.6) is 0 Å². The van der Waals surface area contributed by atoms with Crippen molar-refractivity contribution >= 4 is 26.5 Å². The Morgan fingerprint density at radius 1 is 1.16 bits per heavy atom. The summed E-state index contributed by atoms with van der Waals surface area (Å²) in [7, 11) is -0.832. The molecule has 0 spiro atoms. The number of nitrogens with zero attached hydrogens (tertiary/aromatic N) is 1. The fourth-order valence-corrected chi connectivity index (χ4v) is 3.71. The Kier molecular flexibility index (Phi) is 10.8. The number of amides is 2. The first-order valence-electron chi connectivity index (χ1n) is 11.0. The van der Waals surface area contributed by atoms with Crippen molar-refractivity contribution in [3.8, 4) is 0 Å². The zero-order valence-electron chi connectivity index (χ0n) is 20.1. The molecule has 1 atom stereocenters. The second-order valence-electron chi connectivity index (χ2n) is 9.35. The van der Waals surface area contributed by atoms with Crippen LogP contribution in [0.25, 0.3) is 0 Å². The number of unbranched alkanes of at least 4 members (excludes halogenated alkanes) is 1. The highest BCUT2D eigenvalue weighted by Gasteiger charge is 2.39. The molecule has 1 fully saturated rings. The van der Waals surface area contributed by atoms with Gasteiger partial charge in [0, 0.05) is 25.9 Å². The van der Waals surface area contributed by atoms with Gasteiger partial charge in [0.1, 0.15) is 6.10 Å². The van der Waals surface area contributed by atoms with E-state index >= 15 is 0 Å². The van der Waals surface area contributed by atoms with E-state index in [1.807, 2.05) is 6.92 Å². The van der Waals surface area contributed by atoms with Crippen LogP contribution in [0.15, 0.2) is 0 Å². The Labute approximate surface area is 187 Å². The van der Waals surface area contributed by atoms with E-state index in [9.17, 15) is 14.4 Å². The van der Waals surface area contributed by atoms with Gasteiger partial charge in [-0.05, 0) is 24.6 Å². The molecule has 2 amide bonds. The normalized spacial score (nSPS) is 16.4. The van der Waals surface area contributed by atoms with E-state index in [0.717, 1.165) is 12.8 Å². The predicted molar refractivity (Wildman–Crippen MR) is 119 cm³/mol. The summed E-state index contributed by atoms with van der Waals surface area (Å²) in [5.41, 5.74) is 0. The van der Waals surface area contributed by atoms with Gasteiger partial charge in [0.25, 0.3) is 0 Å². The fraction of sp³-hybridized carbons (Fsp3) is 0.857. The molecule has 9 nitrogen and oxygen atoms in total. The van der Waals surface area contributed by atoms with Gasteiger partial charge >= 0.3 is 18.2 Å². The van der Waals surface area contributed by atoms with Gasteiger partial charge < -0.3 is 28.9 Å². The van der Waals surface area contributed by atoms with Crippen LogP contribution in [0.3, 0.4) is 0 Å². The maximum atomic E-state index is 12.4. The Morgan fingerprint density at radius 3 is 2.29 bits per heavy atom. The lowest BCUT2D eigenvalue weighted by atomic mass is 10.1. The Bertz CT molecular complexity index is 599. The molecule has 0 saturated carbocycles. The molecule has 0 aromatic heterocycles. The first-order valence-corrected chi connectivity index (χ1v) is 13.9. The summed E-state index contributed by atoms with van der Waals surface area (Å²) < 4.78 is 21.5. The number of methoxy groups -OCH3 is 1. The van der Waals surface area contributed by atoms with Crippen LogP contribution in [0, 0.1) is 0 Å². The summed E-state index contributed by atoms with van der Waals surface area (Å²) in [6.07, 6.45) is 1.47. The van der Waals surface area contributed by atoms with E-state index in [-0.39, 0.29) is 23.8 Å². The summed E-state index contributed by atoms with van der Waals surface area (Å²) in [6, 6.07) is -0.944. The summed E-state index contributed by atoms with van der Waals surface area (Å²) in [6.45, 7) is 13.8. The van der Waals surface area contributed by atoms with Crippen molar-refractivity contribution in [2.75, 3.05) is 33.4 Å². The second-order valence-corrected chi connectivity index (χ2v) is 14.2. The van der Waals surface area contributed by atoms with E-state index in [2.05, 4.69) is 39.2 Å². The molecule has 1 saturated heterocycles. The third kappa shape index (κ3) is 9.06. The molecule has 0 bridgehead atoms. The van der Waals surface area contributed by atoms with Crippen LogP contribution in [-0.2, 0) is 23.4 Å². The molecule has 0 aromatic carbocycles. The van der Waals surface area contributed by atoms with Crippen molar-refractivity contribution < 1.29 is 33.0 Å². The lowest BCUT2D eigenvalue weighted by Crippen LogP contribution is -2.50. The largest absolute Gasteiger partial charge is 0.467 e. The third-order valence-electron chi connectivity index (χ3n) is 5.89. The fourth-order valence-electron chi connectivity index (χ4n) is 2.70. The Hall–Kier alpha value is -1.81. The smallest absolute Gasteiger partial charge is 0.409 e. The summed E-state index contributed by atoms with van der Waals surface area (Å²) in [4.78, 5) is 38.1. The highest BCUT2D eigenvalue weighted by atomic mass is 28.4. The number of hydrogen-bond acceptors (Lipinski definition) is 7. The summed E-state index contributed by atoms with van der Waals surface area (Å²) in [5, 5.41) is 2.54. The van der Waals surface area contributed by atoms with Gasteiger partial charge in [0.05, 0.1) is 20.3 Å². The van der Waals surface area contributed by atoms with Crippen LogP contribution in [0.1, 0.15) is 53.4 Å². The van der Waals surface area contributed by atoms with Crippen LogP contribution in [0.4, 0.5) is 9.59 Å². The SMILES string of the molecule is CCCCOC(=O)N1CCC(OC(=O)N[C@@H](CO[Si](C)(C)C(C)(C)C)C(=O)OC)CC1. The first kappa shape index (κ1) is 27.2. The van der Waals surface area contributed by atoms with Crippen molar-refractivity contribution in [2.24, 2.45) is 0 Å². The Morgan fingerprint density at radius 2 is 1.77 bits per heavy atom. The van der Waals surface area contributed by atoms with Crippen molar-refractivity contribution in [1.82, 2.24) is 10.2 Å². The molecule has 31 heavy (non-hydrogen) atoms. The molecule has 180 valence electrons. The minimum atomic E-state index is -2.10.